The lowest BCUT2D eigenvalue weighted by Gasteiger charge is -2.40. The van der Waals surface area contributed by atoms with Crippen molar-refractivity contribution in [2.24, 2.45) is 11.8 Å². The van der Waals surface area contributed by atoms with E-state index in [4.69, 9.17) is 4.74 Å². The van der Waals surface area contributed by atoms with Crippen molar-refractivity contribution in [3.8, 4) is 0 Å². The maximum Gasteiger partial charge on any atom is 0.311 e. The first-order valence-electron chi connectivity index (χ1n) is 15.9. The fraction of sp³-hybridized carbons (Fsp3) is 0.378. The fourth-order valence-corrected chi connectivity index (χ4v) is 9.98. The Labute approximate surface area is 267 Å². The van der Waals surface area contributed by atoms with Gasteiger partial charge in [0.05, 0.1) is 35.8 Å². The third kappa shape index (κ3) is 4.99. The van der Waals surface area contributed by atoms with Gasteiger partial charge < -0.3 is 19.6 Å². The lowest BCUT2D eigenvalue weighted by Crippen LogP contribution is -2.57. The van der Waals surface area contributed by atoms with Crippen LogP contribution in [0.4, 0.5) is 5.69 Å². The molecular weight excluding hydrogens is 584 g/mol. The third-order valence-electron chi connectivity index (χ3n) is 9.90. The van der Waals surface area contributed by atoms with Gasteiger partial charge in [-0.3, -0.25) is 14.4 Å². The molecule has 0 aliphatic carbocycles. The van der Waals surface area contributed by atoms with Crippen molar-refractivity contribution in [1.82, 2.24) is 4.90 Å². The minimum atomic E-state index is -1.03. The summed E-state index contributed by atoms with van der Waals surface area (Å²) >= 11 is 1.53. The normalized spacial score (nSPS) is 31.2. The number of likely N-dealkylation sites (tertiary alicyclic amines) is 1. The van der Waals surface area contributed by atoms with Crippen LogP contribution in [0.5, 0.6) is 0 Å². The molecule has 7 rings (SSSR count). The maximum atomic E-state index is 15.0. The molecule has 3 aromatic carbocycles. The summed E-state index contributed by atoms with van der Waals surface area (Å²) < 4.78 is 4.03. The van der Waals surface area contributed by atoms with E-state index in [1.165, 1.54) is 11.8 Å². The summed E-state index contributed by atoms with van der Waals surface area (Å²) in [4.78, 5) is 47.2. The Morgan fingerprint density at radius 2 is 1.69 bits per heavy atom. The van der Waals surface area contributed by atoms with Crippen LogP contribution in [-0.2, 0) is 25.5 Å². The molecule has 4 aliphatic rings. The number of anilines is 1. The van der Waals surface area contributed by atoms with E-state index < -0.39 is 39.4 Å². The lowest BCUT2D eigenvalue weighted by atomic mass is 9.74. The van der Waals surface area contributed by atoms with E-state index in [2.05, 4.69) is 12.2 Å². The molecule has 0 bridgehead atoms. The number of cyclic esters (lactones) is 1. The summed E-state index contributed by atoms with van der Waals surface area (Å²) in [5.74, 6) is -2.49. The topological polar surface area (TPSA) is 87.1 Å². The summed E-state index contributed by atoms with van der Waals surface area (Å²) in [5, 5.41) is 12.9. The number of fused-ring (bicyclic) bond motifs is 3. The molecule has 2 saturated heterocycles. The second-order valence-corrected chi connectivity index (χ2v) is 14.5. The smallest absolute Gasteiger partial charge is 0.311 e. The predicted molar refractivity (Wildman–Crippen MR) is 177 cm³/mol. The van der Waals surface area contributed by atoms with Crippen LogP contribution in [0.3, 0.4) is 0 Å². The number of hydrogen-bond donors (Lipinski definition) is 1. The molecular formula is C37H38N2O5S. The number of aliphatic hydroxyl groups is 1. The van der Waals surface area contributed by atoms with Crippen molar-refractivity contribution in [3.63, 3.8) is 0 Å². The van der Waals surface area contributed by atoms with Gasteiger partial charge in [-0.15, -0.1) is 11.8 Å². The number of ether oxygens (including phenoxy) is 1. The Kier molecular flexibility index (Phi) is 7.82. The van der Waals surface area contributed by atoms with Gasteiger partial charge in [0.15, 0.2) is 0 Å². The van der Waals surface area contributed by atoms with Gasteiger partial charge in [0.1, 0.15) is 6.04 Å². The van der Waals surface area contributed by atoms with Crippen LogP contribution in [0.15, 0.2) is 97.1 Å². The van der Waals surface area contributed by atoms with E-state index in [1.54, 1.807) is 9.80 Å². The number of carbonyl (C=O) groups is 3. The first-order chi connectivity index (χ1) is 21.9. The van der Waals surface area contributed by atoms with Crippen molar-refractivity contribution in [1.29, 1.82) is 0 Å². The number of carbonyl (C=O) groups excluding carboxylic acids is 3. The Bertz CT molecular complexity index is 1690. The van der Waals surface area contributed by atoms with Crippen LogP contribution in [-0.4, -0.2) is 69.1 Å². The molecule has 3 aromatic rings. The third-order valence-corrected chi connectivity index (χ3v) is 11.7. The fourth-order valence-electron chi connectivity index (χ4n) is 7.84. The van der Waals surface area contributed by atoms with Crippen molar-refractivity contribution < 1.29 is 24.2 Å². The number of esters is 1. The molecule has 4 aliphatic heterocycles. The summed E-state index contributed by atoms with van der Waals surface area (Å²) in [6.07, 6.45) is 11.1. The van der Waals surface area contributed by atoms with Gasteiger partial charge in [-0.25, -0.2) is 0 Å². The number of thioether (sulfide) groups is 1. The van der Waals surface area contributed by atoms with Crippen molar-refractivity contribution in [3.05, 3.63) is 103 Å². The van der Waals surface area contributed by atoms with Crippen LogP contribution in [0.1, 0.15) is 31.7 Å². The molecule has 1 spiro atoms. The molecule has 45 heavy (non-hydrogen) atoms. The number of rotatable bonds is 5. The average molecular weight is 623 g/mol. The molecule has 0 aromatic heterocycles. The Hall–Kier alpha value is -3.88. The van der Waals surface area contributed by atoms with E-state index in [9.17, 15) is 14.7 Å². The van der Waals surface area contributed by atoms with Gasteiger partial charge in [0.2, 0.25) is 5.91 Å². The summed E-state index contributed by atoms with van der Waals surface area (Å²) in [6.45, 7) is 2.32. The zero-order valence-electron chi connectivity index (χ0n) is 25.4. The molecule has 2 fully saturated rings. The number of amides is 2. The molecule has 2 amide bonds. The van der Waals surface area contributed by atoms with Gasteiger partial charge in [0, 0.05) is 17.0 Å². The van der Waals surface area contributed by atoms with Gasteiger partial charge in [-0.2, -0.15) is 0 Å². The van der Waals surface area contributed by atoms with Crippen molar-refractivity contribution in [2.75, 3.05) is 24.7 Å². The molecule has 1 N–H and O–H groups in total. The first kappa shape index (κ1) is 29.8. The zero-order valence-corrected chi connectivity index (χ0v) is 26.2. The minimum Gasteiger partial charge on any atom is -0.465 e. The molecule has 7 nitrogen and oxygen atoms in total. The van der Waals surface area contributed by atoms with E-state index in [0.717, 1.165) is 41.3 Å². The highest BCUT2D eigenvalue weighted by atomic mass is 32.2. The number of aliphatic hydroxyl groups excluding tert-OH is 1. The molecule has 8 heteroatoms. The number of nitrogens with zero attached hydrogens (tertiary/aromatic N) is 2. The summed E-state index contributed by atoms with van der Waals surface area (Å²) in [7, 11) is 0. The van der Waals surface area contributed by atoms with Gasteiger partial charge in [-0.05, 0) is 61.1 Å². The van der Waals surface area contributed by atoms with E-state index >= 15 is 4.79 Å². The Balaban J connectivity index is 1.37. The molecule has 6 atom stereocenters. The zero-order chi connectivity index (χ0) is 31.2. The number of allylic oxidation sites excluding steroid dienone is 1. The van der Waals surface area contributed by atoms with Crippen molar-refractivity contribution in [2.45, 2.75) is 54.2 Å². The van der Waals surface area contributed by atoms with E-state index in [0.29, 0.717) is 19.6 Å². The highest BCUT2D eigenvalue weighted by Gasteiger charge is 2.74. The SMILES string of the molecule is C[C@@]12/C=C\CCCCOC(=O)[C@@H]1[C@H]1C(=O)N([C@@H](CO)Cc3ccccc3)C3C(=O)N(c4ccc5ccccc5c4)CC=C[C@@]31S2. The Morgan fingerprint density at radius 3 is 2.49 bits per heavy atom. The molecule has 1 unspecified atom stereocenters. The van der Waals surface area contributed by atoms with Gasteiger partial charge in [-0.1, -0.05) is 85.0 Å². The first-order valence-corrected chi connectivity index (χ1v) is 16.7. The van der Waals surface area contributed by atoms with Crippen LogP contribution in [0.2, 0.25) is 0 Å². The van der Waals surface area contributed by atoms with E-state index in [-0.39, 0.29) is 18.4 Å². The highest BCUT2D eigenvalue weighted by molar-refractivity contribution is 8.02. The van der Waals surface area contributed by atoms with Gasteiger partial charge >= 0.3 is 5.97 Å². The Morgan fingerprint density at radius 1 is 0.911 bits per heavy atom. The lowest BCUT2D eigenvalue weighted by molar-refractivity contribution is -0.154. The standard InChI is InChI=1S/C37H38N2O5S/c1-36-18-9-2-3-10-21-44-35(43)31(36)30-33(41)39(29(24-40)22-25-12-5-4-6-13-25)32-34(42)38(20-11-19-37(30,32)45-36)28-17-16-26-14-7-8-15-27(26)23-28/h4-9,11-19,23,29-32,40H,2-3,10,20-22,24H2,1H3/b18-9-/t29-,30+,31+,32?,36-,37+/m1/s1. The predicted octanol–water partition coefficient (Wildman–Crippen LogP) is 5.32. The number of hydrogen-bond acceptors (Lipinski definition) is 6. The number of benzene rings is 3. The highest BCUT2D eigenvalue weighted by Crippen LogP contribution is 2.65. The molecule has 0 radical (unpaired) electrons. The second-order valence-electron chi connectivity index (χ2n) is 12.7. The quantitative estimate of drug-likeness (QED) is 0.306. The van der Waals surface area contributed by atoms with Gasteiger partial charge in [0.25, 0.3) is 5.91 Å². The van der Waals surface area contributed by atoms with Crippen LogP contribution in [0, 0.1) is 11.8 Å². The monoisotopic (exact) mass is 622 g/mol. The molecule has 232 valence electrons. The minimum absolute atomic E-state index is 0.213. The largest absolute Gasteiger partial charge is 0.465 e. The maximum absolute atomic E-state index is 15.0. The summed E-state index contributed by atoms with van der Waals surface area (Å²) in [6, 6.07) is 22.1. The molecule has 0 saturated carbocycles. The van der Waals surface area contributed by atoms with Crippen LogP contribution >= 0.6 is 11.8 Å². The molecule has 4 heterocycles. The van der Waals surface area contributed by atoms with Crippen molar-refractivity contribution >= 4 is 46.0 Å². The van der Waals surface area contributed by atoms with Crippen LogP contribution < -0.4 is 4.90 Å². The average Bonchev–Trinajstić information content (AvgIpc) is 3.39. The second kappa shape index (κ2) is 11.8. The van der Waals surface area contributed by atoms with Crippen LogP contribution in [0.25, 0.3) is 10.8 Å². The summed E-state index contributed by atoms with van der Waals surface area (Å²) in [5.41, 5.74) is 1.70. The van der Waals surface area contributed by atoms with E-state index in [1.807, 2.05) is 91.9 Å².